The van der Waals surface area contributed by atoms with E-state index in [2.05, 4.69) is 13.8 Å². The van der Waals surface area contributed by atoms with Crippen LogP contribution in [-0.4, -0.2) is 23.3 Å². The maximum absolute atomic E-state index is 12.4. The third-order valence-electron chi connectivity index (χ3n) is 8.92. The van der Waals surface area contributed by atoms with Gasteiger partial charge >= 0.3 is 0 Å². The van der Waals surface area contributed by atoms with Crippen LogP contribution in [0.2, 0.25) is 0 Å². The second-order valence-corrected chi connectivity index (χ2v) is 9.56. The fourth-order valence-electron chi connectivity index (χ4n) is 7.62. The summed E-state index contributed by atoms with van der Waals surface area (Å²) in [6.45, 7) is 6.48. The van der Waals surface area contributed by atoms with Crippen LogP contribution in [0.15, 0.2) is 11.6 Å². The zero-order valence-corrected chi connectivity index (χ0v) is 15.1. The van der Waals surface area contributed by atoms with Gasteiger partial charge in [0.25, 0.3) is 0 Å². The first-order valence-electron chi connectivity index (χ1n) is 9.76. The Morgan fingerprint density at radius 3 is 2.71 bits per heavy atom. The molecule has 130 valence electrons. The number of carbonyl (C=O) groups is 2. The predicted octanol–water partition coefficient (Wildman–Crippen LogP) is 3.85. The lowest BCUT2D eigenvalue weighted by Crippen LogP contribution is -2.54. The number of rotatable bonds is 1. The quantitative estimate of drug-likeness (QED) is 0.687. The summed E-state index contributed by atoms with van der Waals surface area (Å²) < 4.78 is 5.99. The molecule has 0 aromatic heterocycles. The van der Waals surface area contributed by atoms with Crippen LogP contribution >= 0.6 is 0 Å². The Kier molecular flexibility index (Phi) is 2.81. The van der Waals surface area contributed by atoms with Crippen LogP contribution < -0.4 is 0 Å². The number of ether oxygens (including phenoxy) is 1. The van der Waals surface area contributed by atoms with Gasteiger partial charge in [-0.25, -0.2) is 0 Å². The molecule has 3 nitrogen and oxygen atoms in total. The summed E-state index contributed by atoms with van der Waals surface area (Å²) in [5.41, 5.74) is 1.22. The first kappa shape index (κ1) is 15.3. The van der Waals surface area contributed by atoms with E-state index in [0.29, 0.717) is 30.0 Å². The SMILES string of the molecule is CC(=O)[C@@]12OC1C[C@H]1[C@@H]3CCC4=CC(=O)CC[C@]4(C)[C@H]3CC[C@@]12C. The van der Waals surface area contributed by atoms with E-state index in [1.807, 2.05) is 6.08 Å². The third kappa shape index (κ3) is 1.54. The molecule has 1 heterocycles. The normalized spacial score (nSPS) is 55.0. The van der Waals surface area contributed by atoms with Crippen LogP contribution in [0.5, 0.6) is 0 Å². The number of ketones is 2. The van der Waals surface area contributed by atoms with Crippen molar-refractivity contribution >= 4 is 11.6 Å². The van der Waals surface area contributed by atoms with E-state index in [4.69, 9.17) is 4.74 Å². The number of carbonyl (C=O) groups excluding carboxylic acids is 2. The van der Waals surface area contributed by atoms with Gasteiger partial charge in [-0.05, 0) is 74.7 Å². The lowest BCUT2D eigenvalue weighted by Gasteiger charge is -2.58. The van der Waals surface area contributed by atoms with Crippen molar-refractivity contribution in [2.24, 2.45) is 28.6 Å². The van der Waals surface area contributed by atoms with Crippen LogP contribution in [0, 0.1) is 28.6 Å². The number of epoxide rings is 1. The smallest absolute Gasteiger partial charge is 0.164 e. The molecule has 0 radical (unpaired) electrons. The van der Waals surface area contributed by atoms with E-state index in [-0.39, 0.29) is 22.7 Å². The summed E-state index contributed by atoms with van der Waals surface area (Å²) in [6.07, 6.45) is 9.53. The lowest BCUT2D eigenvalue weighted by atomic mass is 9.46. The monoisotopic (exact) mass is 328 g/mol. The minimum Gasteiger partial charge on any atom is -0.357 e. The molecule has 0 aromatic rings. The first-order chi connectivity index (χ1) is 11.3. The summed E-state index contributed by atoms with van der Waals surface area (Å²) in [6, 6.07) is 0. The van der Waals surface area contributed by atoms with E-state index in [9.17, 15) is 9.59 Å². The van der Waals surface area contributed by atoms with Gasteiger partial charge in [0.05, 0.1) is 6.10 Å². The molecule has 7 atom stereocenters. The second kappa shape index (κ2) is 4.41. The Balaban J connectivity index is 1.52. The lowest BCUT2D eigenvalue weighted by molar-refractivity contribution is -0.136. The molecule has 0 N–H and O–H groups in total. The Morgan fingerprint density at radius 1 is 1.17 bits per heavy atom. The number of allylic oxidation sites excluding steroid dienone is 1. The molecular weight excluding hydrogens is 300 g/mol. The molecule has 4 fully saturated rings. The number of fused-ring (bicyclic) bond motifs is 7. The van der Waals surface area contributed by atoms with Crippen LogP contribution in [0.1, 0.15) is 65.7 Å². The zero-order valence-electron chi connectivity index (χ0n) is 15.1. The van der Waals surface area contributed by atoms with Crippen molar-refractivity contribution in [3.8, 4) is 0 Å². The number of Topliss-reactive ketones (excluding diaryl/α,β-unsaturated/α-hetero) is 1. The van der Waals surface area contributed by atoms with Gasteiger partial charge in [-0.1, -0.05) is 19.4 Å². The largest absolute Gasteiger partial charge is 0.357 e. The minimum atomic E-state index is -0.456. The van der Waals surface area contributed by atoms with E-state index in [0.717, 1.165) is 25.7 Å². The van der Waals surface area contributed by atoms with Gasteiger partial charge in [0.2, 0.25) is 0 Å². The molecule has 0 bridgehead atoms. The molecule has 1 aliphatic heterocycles. The summed E-state index contributed by atoms with van der Waals surface area (Å²) in [5, 5.41) is 0. The fourth-order valence-corrected chi connectivity index (χ4v) is 7.62. The van der Waals surface area contributed by atoms with Crippen LogP contribution in [-0.2, 0) is 14.3 Å². The molecule has 0 amide bonds. The van der Waals surface area contributed by atoms with Crippen molar-refractivity contribution in [2.75, 3.05) is 0 Å². The predicted molar refractivity (Wildman–Crippen MR) is 90.4 cm³/mol. The molecule has 1 unspecified atom stereocenters. The standard InChI is InChI=1S/C21H28O3/c1-12(22)21-18(24-21)11-17-15-5-4-13-10-14(23)6-8-19(13,2)16(15)7-9-20(17,21)3/h10,15-18H,4-9,11H2,1-3H3/t15-,16+,17+,18?,19+,20+,21-/m1/s1. The van der Waals surface area contributed by atoms with Crippen LogP contribution in [0.3, 0.4) is 0 Å². The average Bonchev–Trinajstić information content (AvgIpc) is 3.21. The average molecular weight is 328 g/mol. The molecule has 1 saturated heterocycles. The van der Waals surface area contributed by atoms with Gasteiger partial charge in [0, 0.05) is 11.8 Å². The van der Waals surface area contributed by atoms with Crippen LogP contribution in [0.4, 0.5) is 0 Å². The van der Waals surface area contributed by atoms with E-state index in [1.165, 1.54) is 18.4 Å². The van der Waals surface area contributed by atoms with E-state index >= 15 is 0 Å². The van der Waals surface area contributed by atoms with Gasteiger partial charge in [-0.2, -0.15) is 0 Å². The Hall–Kier alpha value is -0.960. The van der Waals surface area contributed by atoms with Gasteiger partial charge in [0.1, 0.15) is 0 Å². The maximum atomic E-state index is 12.4. The minimum absolute atomic E-state index is 0.0345. The van der Waals surface area contributed by atoms with Crippen molar-refractivity contribution in [3.05, 3.63) is 11.6 Å². The molecule has 0 aromatic carbocycles. The van der Waals surface area contributed by atoms with Gasteiger partial charge in [-0.3, -0.25) is 9.59 Å². The van der Waals surface area contributed by atoms with E-state index < -0.39 is 5.60 Å². The molecule has 3 saturated carbocycles. The van der Waals surface area contributed by atoms with Gasteiger partial charge < -0.3 is 4.74 Å². The van der Waals surface area contributed by atoms with Crippen molar-refractivity contribution in [2.45, 2.75) is 77.4 Å². The summed E-state index contributed by atoms with van der Waals surface area (Å²) in [7, 11) is 0. The second-order valence-electron chi connectivity index (χ2n) is 9.56. The van der Waals surface area contributed by atoms with Crippen molar-refractivity contribution in [3.63, 3.8) is 0 Å². The topological polar surface area (TPSA) is 46.7 Å². The summed E-state index contributed by atoms with van der Waals surface area (Å²) in [5.74, 6) is 2.58. The molecular formula is C21H28O3. The highest BCUT2D eigenvalue weighted by Crippen LogP contribution is 2.73. The van der Waals surface area contributed by atoms with Crippen molar-refractivity contribution in [1.82, 2.24) is 0 Å². The maximum Gasteiger partial charge on any atom is 0.164 e. The molecule has 4 aliphatic carbocycles. The summed E-state index contributed by atoms with van der Waals surface area (Å²) >= 11 is 0. The molecule has 0 spiro atoms. The Morgan fingerprint density at radius 2 is 1.96 bits per heavy atom. The van der Waals surface area contributed by atoms with Crippen LogP contribution in [0.25, 0.3) is 0 Å². The van der Waals surface area contributed by atoms with Gasteiger partial charge in [-0.15, -0.1) is 0 Å². The molecule has 5 aliphatic rings. The Labute approximate surface area is 144 Å². The van der Waals surface area contributed by atoms with Crippen molar-refractivity contribution in [1.29, 1.82) is 0 Å². The van der Waals surface area contributed by atoms with Gasteiger partial charge in [0.15, 0.2) is 17.2 Å². The first-order valence-corrected chi connectivity index (χ1v) is 9.76. The van der Waals surface area contributed by atoms with E-state index in [1.54, 1.807) is 6.92 Å². The number of hydrogen-bond acceptors (Lipinski definition) is 3. The third-order valence-corrected chi connectivity index (χ3v) is 8.92. The fraction of sp³-hybridized carbons (Fsp3) is 0.810. The molecule has 24 heavy (non-hydrogen) atoms. The highest BCUT2D eigenvalue weighted by Gasteiger charge is 2.79. The highest BCUT2D eigenvalue weighted by atomic mass is 16.6. The molecule has 5 rings (SSSR count). The summed E-state index contributed by atoms with van der Waals surface area (Å²) in [4.78, 5) is 24.3. The molecule has 3 heteroatoms. The Bertz CT molecular complexity index is 679. The van der Waals surface area contributed by atoms with Crippen molar-refractivity contribution < 1.29 is 14.3 Å². The number of hydrogen-bond donors (Lipinski definition) is 0. The zero-order chi connectivity index (χ0) is 16.9. The highest BCUT2D eigenvalue weighted by molar-refractivity contribution is 5.92.